The minimum Gasteiger partial charge on any atom is -0.504 e. The SMILES string of the molecule is COc1cccc(C=Nc2cnn(C)c2C(=O)NCc2ccco2)c1O. The minimum absolute atomic E-state index is 0.0218. The van der Waals surface area contributed by atoms with Crippen molar-refractivity contribution in [2.24, 2.45) is 12.0 Å². The highest BCUT2D eigenvalue weighted by Crippen LogP contribution is 2.28. The number of rotatable bonds is 6. The third-order valence-electron chi connectivity index (χ3n) is 3.73. The van der Waals surface area contributed by atoms with Gasteiger partial charge in [0.2, 0.25) is 0 Å². The summed E-state index contributed by atoms with van der Waals surface area (Å²) in [6.07, 6.45) is 4.48. The summed E-state index contributed by atoms with van der Waals surface area (Å²) in [6, 6.07) is 8.59. The maximum atomic E-state index is 12.5. The number of ether oxygens (including phenoxy) is 1. The van der Waals surface area contributed by atoms with Gasteiger partial charge in [0.05, 0.1) is 26.1 Å². The van der Waals surface area contributed by atoms with Crippen LogP contribution in [0, 0.1) is 0 Å². The third kappa shape index (κ3) is 3.59. The molecule has 0 atom stereocenters. The second-order valence-corrected chi connectivity index (χ2v) is 5.42. The topological polar surface area (TPSA) is 102 Å². The number of para-hydroxylation sites is 1. The fourth-order valence-electron chi connectivity index (χ4n) is 2.40. The molecule has 1 aromatic carbocycles. The monoisotopic (exact) mass is 354 g/mol. The second kappa shape index (κ2) is 7.56. The van der Waals surface area contributed by atoms with E-state index in [0.717, 1.165) is 0 Å². The lowest BCUT2D eigenvalue weighted by Crippen LogP contribution is -2.25. The normalized spacial score (nSPS) is 11.0. The average Bonchev–Trinajstić information content (AvgIpc) is 3.28. The van der Waals surface area contributed by atoms with Crippen molar-refractivity contribution in [3.8, 4) is 11.5 Å². The number of amides is 1. The van der Waals surface area contributed by atoms with Crippen molar-refractivity contribution in [2.75, 3.05) is 7.11 Å². The summed E-state index contributed by atoms with van der Waals surface area (Å²) in [6.45, 7) is 0.261. The Kier molecular flexibility index (Phi) is 5.02. The fourth-order valence-corrected chi connectivity index (χ4v) is 2.40. The number of hydrogen-bond donors (Lipinski definition) is 2. The zero-order valence-corrected chi connectivity index (χ0v) is 14.3. The quantitative estimate of drug-likeness (QED) is 0.662. The van der Waals surface area contributed by atoms with E-state index in [1.807, 2.05) is 0 Å². The van der Waals surface area contributed by atoms with Crippen molar-refractivity contribution in [1.29, 1.82) is 0 Å². The van der Waals surface area contributed by atoms with Crippen molar-refractivity contribution in [3.05, 3.63) is 59.8 Å². The molecule has 0 saturated heterocycles. The van der Waals surface area contributed by atoms with Crippen LogP contribution < -0.4 is 10.1 Å². The molecule has 0 spiro atoms. The van der Waals surface area contributed by atoms with Gasteiger partial charge in [-0.15, -0.1) is 0 Å². The number of nitrogens with one attached hydrogen (secondary N) is 1. The molecule has 0 fully saturated rings. The Morgan fingerprint density at radius 2 is 2.27 bits per heavy atom. The van der Waals surface area contributed by atoms with Crippen molar-refractivity contribution in [1.82, 2.24) is 15.1 Å². The zero-order valence-electron chi connectivity index (χ0n) is 14.3. The molecule has 134 valence electrons. The molecule has 2 heterocycles. The van der Waals surface area contributed by atoms with E-state index < -0.39 is 0 Å². The number of phenols is 1. The van der Waals surface area contributed by atoms with Gasteiger partial charge in [-0.3, -0.25) is 14.5 Å². The van der Waals surface area contributed by atoms with Gasteiger partial charge in [0.15, 0.2) is 17.2 Å². The van der Waals surface area contributed by atoms with Crippen molar-refractivity contribution < 1.29 is 19.1 Å². The Hall–Kier alpha value is -3.55. The van der Waals surface area contributed by atoms with Crippen LogP contribution in [0.5, 0.6) is 11.5 Å². The van der Waals surface area contributed by atoms with Gasteiger partial charge >= 0.3 is 0 Å². The summed E-state index contributed by atoms with van der Waals surface area (Å²) in [4.78, 5) is 16.8. The van der Waals surface area contributed by atoms with E-state index in [4.69, 9.17) is 9.15 Å². The van der Waals surface area contributed by atoms with Crippen molar-refractivity contribution in [3.63, 3.8) is 0 Å². The first kappa shape index (κ1) is 17.3. The van der Waals surface area contributed by atoms with Crippen LogP contribution in [0.25, 0.3) is 0 Å². The summed E-state index contributed by atoms with van der Waals surface area (Å²) in [5.41, 5.74) is 1.15. The van der Waals surface area contributed by atoms with Crippen LogP contribution in [0.3, 0.4) is 0 Å². The molecule has 0 saturated carbocycles. The molecule has 3 rings (SSSR count). The fraction of sp³-hybridized carbons (Fsp3) is 0.167. The lowest BCUT2D eigenvalue weighted by atomic mass is 10.2. The maximum Gasteiger partial charge on any atom is 0.272 e. The van der Waals surface area contributed by atoms with Crippen LogP contribution in [-0.4, -0.2) is 34.1 Å². The number of aryl methyl sites for hydroxylation is 1. The average molecular weight is 354 g/mol. The number of phenolic OH excluding ortho intramolecular Hbond substituents is 1. The van der Waals surface area contributed by atoms with E-state index in [1.54, 1.807) is 43.6 Å². The summed E-state index contributed by atoms with van der Waals surface area (Å²) in [7, 11) is 3.13. The molecule has 0 aliphatic rings. The van der Waals surface area contributed by atoms with Crippen LogP contribution >= 0.6 is 0 Å². The molecule has 8 heteroatoms. The first-order valence-electron chi connectivity index (χ1n) is 7.82. The molecule has 2 N–H and O–H groups in total. The third-order valence-corrected chi connectivity index (χ3v) is 3.73. The van der Waals surface area contributed by atoms with E-state index in [9.17, 15) is 9.90 Å². The second-order valence-electron chi connectivity index (χ2n) is 5.42. The standard InChI is InChI=1S/C18H18N4O4/c1-22-16(18(24)20-10-13-6-4-8-26-13)14(11-21-22)19-9-12-5-3-7-15(25-2)17(12)23/h3-9,11,23H,10H2,1-2H3,(H,20,24). The Morgan fingerprint density at radius 1 is 1.42 bits per heavy atom. The predicted molar refractivity (Wildman–Crippen MR) is 95.0 cm³/mol. The van der Waals surface area contributed by atoms with Gasteiger partial charge in [0, 0.05) is 18.8 Å². The number of aliphatic imine (C=N–C) groups is 1. The lowest BCUT2D eigenvalue weighted by molar-refractivity contribution is 0.0939. The Balaban J connectivity index is 1.80. The number of nitrogens with zero attached hydrogens (tertiary/aromatic N) is 3. The van der Waals surface area contributed by atoms with Crippen LogP contribution in [-0.2, 0) is 13.6 Å². The molecule has 1 amide bonds. The summed E-state index contributed by atoms with van der Waals surface area (Å²) in [5.74, 6) is 0.637. The van der Waals surface area contributed by atoms with Crippen LogP contribution in [0.2, 0.25) is 0 Å². The van der Waals surface area contributed by atoms with E-state index >= 15 is 0 Å². The molecule has 8 nitrogen and oxygen atoms in total. The molecular weight excluding hydrogens is 336 g/mol. The number of hydrogen-bond acceptors (Lipinski definition) is 6. The van der Waals surface area contributed by atoms with Gasteiger partial charge < -0.3 is 19.6 Å². The first-order chi connectivity index (χ1) is 12.6. The van der Waals surface area contributed by atoms with Gasteiger partial charge in [-0.1, -0.05) is 6.07 Å². The number of aromatic nitrogens is 2. The van der Waals surface area contributed by atoms with Crippen molar-refractivity contribution >= 4 is 17.8 Å². The van der Waals surface area contributed by atoms with Gasteiger partial charge in [-0.25, -0.2) is 0 Å². The summed E-state index contributed by atoms with van der Waals surface area (Å²) < 4.78 is 11.7. The predicted octanol–water partition coefficient (Wildman–Crippen LogP) is 2.41. The van der Waals surface area contributed by atoms with Crippen LogP contribution in [0.15, 0.2) is 52.2 Å². The molecule has 0 bridgehead atoms. The van der Waals surface area contributed by atoms with Gasteiger partial charge in [0.1, 0.15) is 11.4 Å². The van der Waals surface area contributed by atoms with Gasteiger partial charge in [-0.05, 0) is 24.3 Å². The van der Waals surface area contributed by atoms with Crippen LogP contribution in [0.1, 0.15) is 21.8 Å². The number of aromatic hydroxyl groups is 1. The van der Waals surface area contributed by atoms with E-state index in [1.165, 1.54) is 24.2 Å². The number of carbonyl (C=O) groups excluding carboxylic acids is 1. The summed E-state index contributed by atoms with van der Waals surface area (Å²) in [5, 5.41) is 17.0. The van der Waals surface area contributed by atoms with Crippen molar-refractivity contribution in [2.45, 2.75) is 6.54 Å². The highest BCUT2D eigenvalue weighted by Gasteiger charge is 2.17. The lowest BCUT2D eigenvalue weighted by Gasteiger charge is -2.06. The van der Waals surface area contributed by atoms with E-state index in [0.29, 0.717) is 28.5 Å². The largest absolute Gasteiger partial charge is 0.504 e. The van der Waals surface area contributed by atoms with Crippen LogP contribution in [0.4, 0.5) is 5.69 Å². The molecule has 3 aromatic rings. The zero-order chi connectivity index (χ0) is 18.5. The maximum absolute atomic E-state index is 12.5. The Morgan fingerprint density at radius 3 is 3.00 bits per heavy atom. The van der Waals surface area contributed by atoms with Gasteiger partial charge in [-0.2, -0.15) is 5.10 Å². The smallest absolute Gasteiger partial charge is 0.272 e. The van der Waals surface area contributed by atoms with Gasteiger partial charge in [0.25, 0.3) is 5.91 Å². The minimum atomic E-state index is -0.330. The number of benzene rings is 1. The molecule has 0 radical (unpaired) electrons. The molecule has 0 unspecified atom stereocenters. The number of furan rings is 1. The molecule has 0 aliphatic carbocycles. The first-order valence-corrected chi connectivity index (χ1v) is 7.82. The molecular formula is C18H18N4O4. The Labute approximate surface area is 149 Å². The Bertz CT molecular complexity index is 929. The molecule has 2 aromatic heterocycles. The number of methoxy groups -OCH3 is 1. The summed E-state index contributed by atoms with van der Waals surface area (Å²) >= 11 is 0. The van der Waals surface area contributed by atoms with E-state index in [-0.39, 0.29) is 18.2 Å². The highest BCUT2D eigenvalue weighted by molar-refractivity contribution is 5.98. The highest BCUT2D eigenvalue weighted by atomic mass is 16.5. The molecule has 26 heavy (non-hydrogen) atoms. The number of carbonyl (C=O) groups is 1. The van der Waals surface area contributed by atoms with E-state index in [2.05, 4.69) is 15.4 Å². The molecule has 0 aliphatic heterocycles.